The summed E-state index contributed by atoms with van der Waals surface area (Å²) in [6, 6.07) is 5.61. The highest BCUT2D eigenvalue weighted by Crippen LogP contribution is 2.22. The van der Waals surface area contributed by atoms with Crippen LogP contribution in [0.25, 0.3) is 0 Å². The number of carbonyl (C=O) groups excluding carboxylic acids is 1. The zero-order chi connectivity index (χ0) is 20.1. The largest absolute Gasteiger partial charge is 0.497 e. The van der Waals surface area contributed by atoms with E-state index in [1.54, 1.807) is 24.3 Å². The van der Waals surface area contributed by atoms with Crippen LogP contribution in [0.5, 0.6) is 5.75 Å². The Hall–Kier alpha value is -1.94. The molecule has 1 aliphatic carbocycles. The van der Waals surface area contributed by atoms with Crippen molar-refractivity contribution in [3.8, 4) is 5.75 Å². The van der Waals surface area contributed by atoms with Crippen molar-refractivity contribution in [2.24, 2.45) is 0 Å². The SMILES string of the molecule is COc1cccc(S(=O)(=O)N[C@H]2C=C[C@H](CC(=O)NC3CCC3)O[C@H]2CO)c1. The van der Waals surface area contributed by atoms with Crippen molar-refractivity contribution < 1.29 is 27.8 Å². The third-order valence-corrected chi connectivity index (χ3v) is 6.42. The van der Waals surface area contributed by atoms with Crippen molar-refractivity contribution in [2.45, 2.75) is 54.9 Å². The van der Waals surface area contributed by atoms with Gasteiger partial charge in [0.05, 0.1) is 37.2 Å². The van der Waals surface area contributed by atoms with Crippen LogP contribution in [0.3, 0.4) is 0 Å². The Morgan fingerprint density at radius 2 is 2.11 bits per heavy atom. The van der Waals surface area contributed by atoms with Crippen LogP contribution in [0, 0.1) is 0 Å². The number of methoxy groups -OCH3 is 1. The molecule has 1 saturated carbocycles. The number of aliphatic hydroxyl groups is 1. The minimum absolute atomic E-state index is 0.0546. The molecular formula is C19H26N2O6S. The molecule has 3 rings (SSSR count). The van der Waals surface area contributed by atoms with Crippen LogP contribution in [0.4, 0.5) is 0 Å². The van der Waals surface area contributed by atoms with Gasteiger partial charge >= 0.3 is 0 Å². The van der Waals surface area contributed by atoms with Crippen molar-refractivity contribution >= 4 is 15.9 Å². The van der Waals surface area contributed by atoms with Gasteiger partial charge in [-0.3, -0.25) is 4.79 Å². The highest BCUT2D eigenvalue weighted by atomic mass is 32.2. The van der Waals surface area contributed by atoms with Gasteiger partial charge in [-0.25, -0.2) is 13.1 Å². The van der Waals surface area contributed by atoms with Gasteiger partial charge in [-0.1, -0.05) is 18.2 Å². The van der Waals surface area contributed by atoms with Gasteiger partial charge in [0, 0.05) is 12.1 Å². The van der Waals surface area contributed by atoms with Crippen molar-refractivity contribution in [3.63, 3.8) is 0 Å². The van der Waals surface area contributed by atoms with Crippen LogP contribution in [-0.2, 0) is 19.6 Å². The molecule has 0 bridgehead atoms. The molecule has 1 fully saturated rings. The number of benzene rings is 1. The normalized spacial score (nSPS) is 25.1. The van der Waals surface area contributed by atoms with Crippen LogP contribution in [0.15, 0.2) is 41.3 Å². The first-order chi connectivity index (χ1) is 13.4. The molecule has 3 N–H and O–H groups in total. The predicted molar refractivity (Wildman–Crippen MR) is 102 cm³/mol. The fourth-order valence-electron chi connectivity index (χ4n) is 3.15. The van der Waals surface area contributed by atoms with Crippen molar-refractivity contribution in [1.82, 2.24) is 10.0 Å². The van der Waals surface area contributed by atoms with Gasteiger partial charge in [0.1, 0.15) is 11.9 Å². The van der Waals surface area contributed by atoms with Gasteiger partial charge in [-0.05, 0) is 31.4 Å². The van der Waals surface area contributed by atoms with E-state index in [2.05, 4.69) is 10.0 Å². The van der Waals surface area contributed by atoms with E-state index >= 15 is 0 Å². The summed E-state index contributed by atoms with van der Waals surface area (Å²) in [5.74, 6) is 0.320. The average molecular weight is 410 g/mol. The number of carbonyl (C=O) groups is 1. The van der Waals surface area contributed by atoms with E-state index in [0.29, 0.717) is 5.75 Å². The van der Waals surface area contributed by atoms with Crippen LogP contribution in [0.2, 0.25) is 0 Å². The van der Waals surface area contributed by atoms with Crippen molar-refractivity contribution in [1.29, 1.82) is 0 Å². The number of rotatable bonds is 8. The summed E-state index contributed by atoms with van der Waals surface area (Å²) in [6.07, 6.45) is 5.27. The summed E-state index contributed by atoms with van der Waals surface area (Å²) in [5.41, 5.74) is 0. The van der Waals surface area contributed by atoms with Gasteiger partial charge in [-0.15, -0.1) is 0 Å². The zero-order valence-corrected chi connectivity index (χ0v) is 16.5. The van der Waals surface area contributed by atoms with Crippen molar-refractivity contribution in [3.05, 3.63) is 36.4 Å². The maximum Gasteiger partial charge on any atom is 0.241 e. The maximum atomic E-state index is 12.6. The van der Waals surface area contributed by atoms with Crippen molar-refractivity contribution in [2.75, 3.05) is 13.7 Å². The molecule has 1 heterocycles. The standard InChI is InChI=1S/C19H26N2O6S/c1-26-14-6-3-7-16(10-14)28(24,25)21-17-9-8-15(27-18(17)12-22)11-19(23)20-13-4-2-5-13/h3,6-10,13,15,17-18,21-22H,2,4-5,11-12H2,1H3,(H,20,23)/t15-,17+,18+/m1/s1. The minimum atomic E-state index is -3.84. The summed E-state index contributed by atoms with van der Waals surface area (Å²) < 4.78 is 38.6. The molecule has 0 saturated heterocycles. The number of nitrogens with one attached hydrogen (secondary N) is 2. The van der Waals surface area contributed by atoms with E-state index in [-0.39, 0.29) is 29.9 Å². The molecule has 1 aromatic rings. The van der Waals surface area contributed by atoms with E-state index in [9.17, 15) is 18.3 Å². The molecule has 2 aliphatic rings. The highest BCUT2D eigenvalue weighted by Gasteiger charge is 2.32. The Morgan fingerprint density at radius 3 is 2.75 bits per heavy atom. The third-order valence-electron chi connectivity index (χ3n) is 4.96. The molecule has 1 aromatic carbocycles. The van der Waals surface area contributed by atoms with Gasteiger partial charge in [0.2, 0.25) is 15.9 Å². The molecule has 0 radical (unpaired) electrons. The molecule has 1 aliphatic heterocycles. The quantitative estimate of drug-likeness (QED) is 0.544. The molecule has 3 atom stereocenters. The molecule has 8 nitrogen and oxygen atoms in total. The van der Waals surface area contributed by atoms with Gasteiger partial charge in [0.15, 0.2) is 0 Å². The Kier molecular flexibility index (Phi) is 6.71. The lowest BCUT2D eigenvalue weighted by Gasteiger charge is -2.32. The fraction of sp³-hybridized carbons (Fsp3) is 0.526. The number of aliphatic hydroxyl groups excluding tert-OH is 1. The van der Waals surface area contributed by atoms with E-state index in [4.69, 9.17) is 9.47 Å². The van der Waals surface area contributed by atoms with Gasteiger partial charge in [-0.2, -0.15) is 0 Å². The first-order valence-electron chi connectivity index (χ1n) is 9.31. The zero-order valence-electron chi connectivity index (χ0n) is 15.7. The molecule has 28 heavy (non-hydrogen) atoms. The predicted octanol–water partition coefficient (Wildman–Crippen LogP) is 0.717. The van der Waals surface area contributed by atoms with E-state index < -0.39 is 28.3 Å². The first-order valence-corrected chi connectivity index (χ1v) is 10.8. The first kappa shape index (κ1) is 20.8. The highest BCUT2D eigenvalue weighted by molar-refractivity contribution is 7.89. The number of amides is 1. The Morgan fingerprint density at radius 1 is 1.32 bits per heavy atom. The second-order valence-corrected chi connectivity index (χ2v) is 8.72. The van der Waals surface area contributed by atoms with Crippen LogP contribution < -0.4 is 14.8 Å². The minimum Gasteiger partial charge on any atom is -0.497 e. The molecular weight excluding hydrogens is 384 g/mol. The number of ether oxygens (including phenoxy) is 2. The Labute approximate surface area is 165 Å². The summed E-state index contributed by atoms with van der Waals surface area (Å²) in [6.45, 7) is -0.379. The number of hydrogen-bond acceptors (Lipinski definition) is 6. The molecule has 0 unspecified atom stereocenters. The smallest absolute Gasteiger partial charge is 0.241 e. The molecule has 0 aromatic heterocycles. The summed E-state index contributed by atoms with van der Waals surface area (Å²) in [5, 5.41) is 12.6. The van der Waals surface area contributed by atoms with E-state index in [1.807, 2.05) is 0 Å². The monoisotopic (exact) mass is 410 g/mol. The Bertz CT molecular complexity index is 821. The molecule has 154 valence electrons. The number of hydrogen-bond donors (Lipinski definition) is 3. The summed E-state index contributed by atoms with van der Waals surface area (Å²) in [7, 11) is -2.38. The molecule has 9 heteroatoms. The lowest BCUT2D eigenvalue weighted by Crippen LogP contribution is -2.49. The Balaban J connectivity index is 1.64. The van der Waals surface area contributed by atoms with Gasteiger partial charge < -0.3 is 19.9 Å². The second-order valence-electron chi connectivity index (χ2n) is 7.01. The van der Waals surface area contributed by atoms with Crippen LogP contribution >= 0.6 is 0 Å². The third kappa shape index (κ3) is 5.11. The summed E-state index contributed by atoms with van der Waals surface area (Å²) in [4.78, 5) is 12.1. The van der Waals surface area contributed by atoms with Gasteiger partial charge in [0.25, 0.3) is 0 Å². The maximum absolute atomic E-state index is 12.6. The van der Waals surface area contributed by atoms with Crippen LogP contribution in [0.1, 0.15) is 25.7 Å². The topological polar surface area (TPSA) is 114 Å². The van der Waals surface area contributed by atoms with Crippen LogP contribution in [-0.4, -0.2) is 57.4 Å². The molecule has 1 amide bonds. The number of sulfonamides is 1. The lowest BCUT2D eigenvalue weighted by atomic mass is 9.93. The second kappa shape index (κ2) is 9.04. The lowest BCUT2D eigenvalue weighted by molar-refractivity contribution is -0.126. The van der Waals surface area contributed by atoms with E-state index in [0.717, 1.165) is 19.3 Å². The van der Waals surface area contributed by atoms with E-state index in [1.165, 1.54) is 19.2 Å². The molecule has 0 spiro atoms. The average Bonchev–Trinajstić information content (AvgIpc) is 2.65. The fourth-order valence-corrected chi connectivity index (χ4v) is 4.40. The summed E-state index contributed by atoms with van der Waals surface area (Å²) >= 11 is 0.